The van der Waals surface area contributed by atoms with Gasteiger partial charge in [0.2, 0.25) is 17.7 Å². The van der Waals surface area contributed by atoms with Crippen LogP contribution in [-0.2, 0) is 19.1 Å². The molecule has 4 aliphatic rings. The summed E-state index contributed by atoms with van der Waals surface area (Å²) in [6.07, 6.45) is 0.608. The molecule has 4 heterocycles. The topological polar surface area (TPSA) is 111 Å². The maximum atomic E-state index is 14.1. The Morgan fingerprint density at radius 1 is 1.25 bits per heavy atom. The highest BCUT2D eigenvalue weighted by molar-refractivity contribution is 9.09. The van der Waals surface area contributed by atoms with E-state index in [0.717, 1.165) is 18.7 Å². The lowest BCUT2D eigenvalue weighted by atomic mass is 9.70. The van der Waals surface area contributed by atoms with Crippen molar-refractivity contribution in [3.8, 4) is 0 Å². The number of aliphatic hydroxyl groups excluding tert-OH is 1. The molecule has 11 heteroatoms. The van der Waals surface area contributed by atoms with Crippen LogP contribution in [0.15, 0.2) is 30.3 Å². The van der Waals surface area contributed by atoms with Crippen molar-refractivity contribution in [1.82, 2.24) is 20.4 Å². The van der Waals surface area contributed by atoms with Crippen molar-refractivity contribution >= 4 is 45.4 Å². The number of nitrogens with one attached hydrogen (secondary N) is 2. The van der Waals surface area contributed by atoms with Crippen LogP contribution >= 0.6 is 27.7 Å². The van der Waals surface area contributed by atoms with E-state index in [1.54, 1.807) is 23.7 Å². The molecule has 0 aliphatic carbocycles. The summed E-state index contributed by atoms with van der Waals surface area (Å²) in [6.45, 7) is 3.87. The summed E-state index contributed by atoms with van der Waals surface area (Å²) in [6, 6.07) is 7.85. The molecule has 3 unspecified atom stereocenters. The van der Waals surface area contributed by atoms with E-state index in [2.05, 4.69) is 31.5 Å². The second-order valence-corrected chi connectivity index (χ2v) is 12.6. The number of morpholine rings is 1. The van der Waals surface area contributed by atoms with Gasteiger partial charge in [0.1, 0.15) is 6.04 Å². The van der Waals surface area contributed by atoms with E-state index in [4.69, 9.17) is 4.74 Å². The molecule has 1 aromatic rings. The van der Waals surface area contributed by atoms with Crippen molar-refractivity contribution < 1.29 is 24.2 Å². The number of ether oxygens (including phenoxy) is 1. The SMILES string of the molecule is CNC(=O)[C@H]1[C@@H]2SC3(CC2Br)C(C(=O)NCCN2CCOCC2)N([C@H](CO)c2ccccc2)C(=O)[C@H]13. The number of halogens is 1. The van der Waals surface area contributed by atoms with Crippen LogP contribution in [0.4, 0.5) is 0 Å². The molecule has 0 saturated carbocycles. The first-order valence-electron chi connectivity index (χ1n) is 12.5. The molecule has 9 nitrogen and oxygen atoms in total. The largest absolute Gasteiger partial charge is 0.394 e. The molecule has 3 N–H and O–H groups in total. The van der Waals surface area contributed by atoms with Crippen molar-refractivity contribution in [2.24, 2.45) is 11.8 Å². The minimum absolute atomic E-state index is 0.0155. The Morgan fingerprint density at radius 3 is 2.64 bits per heavy atom. The predicted molar refractivity (Wildman–Crippen MR) is 140 cm³/mol. The van der Waals surface area contributed by atoms with E-state index in [9.17, 15) is 19.5 Å². The number of benzene rings is 1. The molecule has 4 fully saturated rings. The summed E-state index contributed by atoms with van der Waals surface area (Å²) < 4.78 is 4.67. The lowest BCUT2D eigenvalue weighted by molar-refractivity contribution is -0.142. The summed E-state index contributed by atoms with van der Waals surface area (Å²) in [5.74, 6) is -1.78. The van der Waals surface area contributed by atoms with Crippen LogP contribution in [0, 0.1) is 11.8 Å². The van der Waals surface area contributed by atoms with Crippen LogP contribution in [0.3, 0.4) is 0 Å². The Morgan fingerprint density at radius 2 is 1.97 bits per heavy atom. The van der Waals surface area contributed by atoms with E-state index < -0.39 is 28.7 Å². The third-order valence-corrected chi connectivity index (χ3v) is 11.3. The Balaban J connectivity index is 1.47. The van der Waals surface area contributed by atoms with Gasteiger partial charge < -0.3 is 25.4 Å². The smallest absolute Gasteiger partial charge is 0.244 e. The second-order valence-electron chi connectivity index (χ2n) is 9.88. The average Bonchev–Trinajstić information content (AvgIpc) is 3.49. The average molecular weight is 582 g/mol. The molecule has 1 spiro atoms. The quantitative estimate of drug-likeness (QED) is 0.381. The molecule has 4 saturated heterocycles. The Labute approximate surface area is 223 Å². The van der Waals surface area contributed by atoms with Crippen molar-refractivity contribution in [2.75, 3.05) is 53.0 Å². The maximum absolute atomic E-state index is 14.1. The van der Waals surface area contributed by atoms with Crippen LogP contribution in [0.1, 0.15) is 18.0 Å². The second kappa shape index (κ2) is 10.6. The van der Waals surface area contributed by atoms with Gasteiger partial charge in [0.25, 0.3) is 0 Å². The van der Waals surface area contributed by atoms with E-state index in [1.807, 2.05) is 30.3 Å². The fourth-order valence-electron chi connectivity index (χ4n) is 6.46. The minimum Gasteiger partial charge on any atom is -0.394 e. The van der Waals surface area contributed by atoms with Crippen LogP contribution in [0.2, 0.25) is 0 Å². The van der Waals surface area contributed by atoms with Gasteiger partial charge >= 0.3 is 0 Å². The summed E-state index contributed by atoms with van der Waals surface area (Å²) in [4.78, 5) is 44.9. The van der Waals surface area contributed by atoms with Gasteiger partial charge in [-0.25, -0.2) is 0 Å². The zero-order chi connectivity index (χ0) is 25.4. The van der Waals surface area contributed by atoms with E-state index in [1.165, 1.54) is 0 Å². The van der Waals surface area contributed by atoms with Gasteiger partial charge in [-0.3, -0.25) is 19.3 Å². The summed E-state index contributed by atoms with van der Waals surface area (Å²) in [5.41, 5.74) is 0.766. The van der Waals surface area contributed by atoms with Gasteiger partial charge in [-0.05, 0) is 12.0 Å². The highest BCUT2D eigenvalue weighted by atomic mass is 79.9. The van der Waals surface area contributed by atoms with Crippen LogP contribution < -0.4 is 10.6 Å². The highest BCUT2D eigenvalue weighted by Gasteiger charge is 2.76. The molecule has 4 aliphatic heterocycles. The molecule has 196 valence electrons. The number of nitrogens with zero attached hydrogens (tertiary/aromatic N) is 2. The number of amides is 3. The number of fused-ring (bicyclic) bond motifs is 1. The normalized spacial score (nSPS) is 34.5. The highest BCUT2D eigenvalue weighted by Crippen LogP contribution is 2.68. The van der Waals surface area contributed by atoms with Crippen LogP contribution in [0.5, 0.6) is 0 Å². The molecule has 36 heavy (non-hydrogen) atoms. The number of hydrogen-bond acceptors (Lipinski definition) is 7. The third kappa shape index (κ3) is 4.26. The molecule has 3 amide bonds. The van der Waals surface area contributed by atoms with Gasteiger partial charge in [-0.15, -0.1) is 11.8 Å². The number of likely N-dealkylation sites (tertiary alicyclic amines) is 1. The van der Waals surface area contributed by atoms with Crippen molar-refractivity contribution in [2.45, 2.75) is 33.3 Å². The van der Waals surface area contributed by atoms with E-state index >= 15 is 0 Å². The standard InChI is InChI=1S/C25H33BrN4O5S/c1-27-22(32)18-19-24(34)30(17(14-31)15-5-3-2-4-6-15)21(25(19)13-16(26)20(18)36-25)23(33)28-7-8-29-9-11-35-12-10-29/h2-6,16-21,31H,7-14H2,1H3,(H,27,32)(H,28,33)/t16?,17-,18-,19+,20-,21?,25?/m1/s1. The van der Waals surface area contributed by atoms with Gasteiger partial charge in [0, 0.05) is 43.3 Å². The number of aliphatic hydroxyl groups is 1. The fraction of sp³-hybridized carbons (Fsp3) is 0.640. The lowest BCUT2D eigenvalue weighted by Gasteiger charge is -2.37. The lowest BCUT2D eigenvalue weighted by Crippen LogP contribution is -2.56. The van der Waals surface area contributed by atoms with Gasteiger partial charge in [-0.1, -0.05) is 46.3 Å². The summed E-state index contributed by atoms with van der Waals surface area (Å²) >= 11 is 5.35. The molecular formula is C25H33BrN4O5S. The van der Waals surface area contributed by atoms with Crippen LogP contribution in [-0.4, -0.2) is 107 Å². The number of rotatable bonds is 8. The summed E-state index contributed by atoms with van der Waals surface area (Å²) in [7, 11) is 1.59. The van der Waals surface area contributed by atoms with Crippen molar-refractivity contribution in [3.63, 3.8) is 0 Å². The third-order valence-electron chi connectivity index (χ3n) is 8.05. The maximum Gasteiger partial charge on any atom is 0.244 e. The van der Waals surface area contributed by atoms with Crippen LogP contribution in [0.25, 0.3) is 0 Å². The number of thioether (sulfide) groups is 1. The zero-order valence-electron chi connectivity index (χ0n) is 20.3. The van der Waals surface area contributed by atoms with Gasteiger partial charge in [0.15, 0.2) is 0 Å². The van der Waals surface area contributed by atoms with Crippen molar-refractivity contribution in [3.05, 3.63) is 35.9 Å². The molecule has 2 bridgehead atoms. The monoisotopic (exact) mass is 580 g/mol. The zero-order valence-corrected chi connectivity index (χ0v) is 22.7. The molecular weight excluding hydrogens is 548 g/mol. The first-order chi connectivity index (χ1) is 17.4. The van der Waals surface area contributed by atoms with E-state index in [-0.39, 0.29) is 34.4 Å². The molecule has 1 aromatic carbocycles. The summed E-state index contributed by atoms with van der Waals surface area (Å²) in [5, 5.41) is 16.2. The Hall–Kier alpha value is -1.66. The predicted octanol–water partition coefficient (Wildman–Crippen LogP) is 0.379. The Bertz CT molecular complexity index is 996. The van der Waals surface area contributed by atoms with Crippen molar-refractivity contribution in [1.29, 1.82) is 0 Å². The van der Waals surface area contributed by atoms with E-state index in [0.29, 0.717) is 32.7 Å². The minimum atomic E-state index is -0.790. The number of alkyl halides is 1. The first kappa shape index (κ1) is 26.0. The fourth-order valence-corrected chi connectivity index (χ4v) is 10.1. The number of carbonyl (C=O) groups is 3. The molecule has 0 aromatic heterocycles. The molecule has 0 radical (unpaired) electrons. The number of hydrogen-bond donors (Lipinski definition) is 3. The molecule has 7 atom stereocenters. The Kier molecular flexibility index (Phi) is 7.65. The van der Waals surface area contributed by atoms with Gasteiger partial charge in [0.05, 0.1) is 42.4 Å². The number of carbonyl (C=O) groups excluding carboxylic acids is 3. The molecule has 5 rings (SSSR count). The first-order valence-corrected chi connectivity index (χ1v) is 14.3. The van der Waals surface area contributed by atoms with Gasteiger partial charge in [-0.2, -0.15) is 0 Å².